The molecule has 0 fully saturated rings. The van der Waals surface area contributed by atoms with Crippen molar-refractivity contribution in [3.05, 3.63) is 16.9 Å². The quantitative estimate of drug-likeness (QED) is 0.875. The third kappa shape index (κ3) is 2.54. The van der Waals surface area contributed by atoms with Crippen LogP contribution >= 0.6 is 24.0 Å². The molecule has 0 saturated carbocycles. The maximum atomic E-state index is 5.37. The van der Waals surface area contributed by atoms with E-state index in [0.29, 0.717) is 10.7 Å². The lowest BCUT2D eigenvalue weighted by Crippen LogP contribution is -2.22. The van der Waals surface area contributed by atoms with E-state index in [1.807, 2.05) is 28.5 Å². The van der Waals surface area contributed by atoms with E-state index in [2.05, 4.69) is 30.1 Å². The van der Waals surface area contributed by atoms with Crippen LogP contribution in [0.3, 0.4) is 0 Å². The normalized spacial score (nSPS) is 12.0. The molecule has 2 aromatic rings. The van der Waals surface area contributed by atoms with Crippen LogP contribution < -0.4 is 4.74 Å². The number of aromatic nitrogens is 3. The SMILES string of the molecule is COc1ccc2[nH]c(=S)n(CC(C)(C)SC)c2n1. The maximum absolute atomic E-state index is 5.37. The average molecular weight is 283 g/mol. The molecule has 2 rings (SSSR count). The number of imidazole rings is 1. The summed E-state index contributed by atoms with van der Waals surface area (Å²) in [5.41, 5.74) is 1.79. The van der Waals surface area contributed by atoms with E-state index in [1.54, 1.807) is 7.11 Å². The Bertz CT molecular complexity index is 615. The molecule has 0 aliphatic carbocycles. The second kappa shape index (κ2) is 4.93. The fraction of sp³-hybridized carbons (Fsp3) is 0.500. The lowest BCUT2D eigenvalue weighted by molar-refractivity contribution is 0.398. The van der Waals surface area contributed by atoms with Gasteiger partial charge in [-0.15, -0.1) is 0 Å². The van der Waals surface area contributed by atoms with E-state index in [1.165, 1.54) is 0 Å². The predicted molar refractivity (Wildman–Crippen MR) is 79.1 cm³/mol. The highest BCUT2D eigenvalue weighted by atomic mass is 32.2. The summed E-state index contributed by atoms with van der Waals surface area (Å²) in [4.78, 5) is 7.64. The number of pyridine rings is 1. The zero-order chi connectivity index (χ0) is 13.3. The molecule has 0 bridgehead atoms. The summed E-state index contributed by atoms with van der Waals surface area (Å²) in [7, 11) is 1.62. The predicted octanol–water partition coefficient (Wildman–Crippen LogP) is 3.24. The Labute approximate surface area is 116 Å². The van der Waals surface area contributed by atoms with E-state index < -0.39 is 0 Å². The molecule has 0 unspecified atom stereocenters. The van der Waals surface area contributed by atoms with Gasteiger partial charge in [-0.3, -0.25) is 0 Å². The number of hydrogen-bond acceptors (Lipinski definition) is 4. The summed E-state index contributed by atoms with van der Waals surface area (Å²) in [5.74, 6) is 0.604. The van der Waals surface area contributed by atoms with Crippen molar-refractivity contribution in [3.8, 4) is 5.88 Å². The van der Waals surface area contributed by atoms with Crippen molar-refractivity contribution in [2.45, 2.75) is 25.1 Å². The van der Waals surface area contributed by atoms with Gasteiger partial charge in [0.15, 0.2) is 10.4 Å². The molecule has 0 atom stereocenters. The minimum Gasteiger partial charge on any atom is -0.481 e. The molecule has 98 valence electrons. The summed E-state index contributed by atoms with van der Waals surface area (Å²) in [5, 5.41) is 0. The Morgan fingerprint density at radius 3 is 2.83 bits per heavy atom. The number of nitrogens with one attached hydrogen (secondary N) is 1. The Hall–Kier alpha value is -1.01. The van der Waals surface area contributed by atoms with Gasteiger partial charge >= 0.3 is 0 Å². The van der Waals surface area contributed by atoms with Crippen LogP contribution in [0.15, 0.2) is 12.1 Å². The Kier molecular flexibility index (Phi) is 3.68. The Balaban J connectivity index is 2.55. The number of nitrogens with zero attached hydrogens (tertiary/aromatic N) is 2. The number of fused-ring (bicyclic) bond motifs is 1. The molecular weight excluding hydrogens is 266 g/mol. The molecule has 4 nitrogen and oxygen atoms in total. The molecule has 0 aliphatic rings. The number of hydrogen-bond donors (Lipinski definition) is 1. The number of methoxy groups -OCH3 is 1. The largest absolute Gasteiger partial charge is 0.481 e. The summed E-state index contributed by atoms with van der Waals surface area (Å²) in [6, 6.07) is 3.78. The fourth-order valence-electron chi connectivity index (χ4n) is 1.72. The number of thioether (sulfide) groups is 1. The van der Waals surface area contributed by atoms with Crippen LogP contribution in [0.5, 0.6) is 5.88 Å². The highest BCUT2D eigenvalue weighted by Gasteiger charge is 2.19. The highest BCUT2D eigenvalue weighted by Crippen LogP contribution is 2.26. The Morgan fingerprint density at radius 1 is 1.50 bits per heavy atom. The first-order valence-corrected chi connectivity index (χ1v) is 7.29. The molecule has 0 saturated heterocycles. The molecule has 0 aliphatic heterocycles. The average Bonchev–Trinajstić information content (AvgIpc) is 2.65. The summed E-state index contributed by atoms with van der Waals surface area (Å²) >= 11 is 7.18. The zero-order valence-corrected chi connectivity index (χ0v) is 12.6. The first kappa shape index (κ1) is 13.4. The second-order valence-corrected chi connectivity index (χ2v) is 6.61. The van der Waals surface area contributed by atoms with Crippen molar-refractivity contribution < 1.29 is 4.74 Å². The molecule has 0 radical (unpaired) electrons. The van der Waals surface area contributed by atoms with Crippen LogP contribution in [-0.2, 0) is 6.54 Å². The smallest absolute Gasteiger partial charge is 0.215 e. The topological polar surface area (TPSA) is 42.8 Å². The van der Waals surface area contributed by atoms with Gasteiger partial charge in [-0.25, -0.2) is 0 Å². The van der Waals surface area contributed by atoms with E-state index in [-0.39, 0.29) is 4.75 Å². The summed E-state index contributed by atoms with van der Waals surface area (Å²) in [6.07, 6.45) is 2.10. The van der Waals surface area contributed by atoms with Crippen molar-refractivity contribution in [3.63, 3.8) is 0 Å². The molecule has 18 heavy (non-hydrogen) atoms. The minimum absolute atomic E-state index is 0.109. The fourth-order valence-corrected chi connectivity index (χ4v) is 2.24. The number of aromatic amines is 1. The molecule has 6 heteroatoms. The lowest BCUT2D eigenvalue weighted by Gasteiger charge is -2.22. The van der Waals surface area contributed by atoms with Crippen molar-refractivity contribution in [1.29, 1.82) is 0 Å². The van der Waals surface area contributed by atoms with Crippen molar-refractivity contribution >= 4 is 35.1 Å². The van der Waals surface area contributed by atoms with Gasteiger partial charge in [0, 0.05) is 17.4 Å². The van der Waals surface area contributed by atoms with E-state index in [9.17, 15) is 0 Å². The van der Waals surface area contributed by atoms with Crippen molar-refractivity contribution in [1.82, 2.24) is 14.5 Å². The van der Waals surface area contributed by atoms with Gasteiger partial charge in [0.2, 0.25) is 5.88 Å². The third-order valence-electron chi connectivity index (χ3n) is 2.89. The Morgan fingerprint density at radius 2 is 2.22 bits per heavy atom. The molecule has 0 amide bonds. The zero-order valence-electron chi connectivity index (χ0n) is 11.0. The van der Waals surface area contributed by atoms with Gasteiger partial charge in [0.1, 0.15) is 0 Å². The van der Waals surface area contributed by atoms with Gasteiger partial charge in [0.25, 0.3) is 0 Å². The van der Waals surface area contributed by atoms with Crippen molar-refractivity contribution in [2.75, 3.05) is 13.4 Å². The van der Waals surface area contributed by atoms with Gasteiger partial charge in [-0.05, 0) is 38.4 Å². The standard InChI is InChI=1S/C12H17N3OS2/c1-12(2,18-4)7-15-10-8(13-11(15)17)5-6-9(14-10)16-3/h5-6H,7H2,1-4H3,(H,13,17). The van der Waals surface area contributed by atoms with Crippen LogP contribution in [-0.4, -0.2) is 32.6 Å². The van der Waals surface area contributed by atoms with Gasteiger partial charge in [0.05, 0.1) is 12.6 Å². The number of ether oxygens (including phenoxy) is 1. The summed E-state index contributed by atoms with van der Waals surface area (Å²) in [6.45, 7) is 5.20. The molecule has 1 N–H and O–H groups in total. The molecule has 0 spiro atoms. The molecule has 2 heterocycles. The summed E-state index contributed by atoms with van der Waals surface area (Å²) < 4.78 is 8.01. The van der Waals surface area contributed by atoms with Crippen LogP contribution in [0, 0.1) is 4.77 Å². The lowest BCUT2D eigenvalue weighted by atomic mass is 10.2. The van der Waals surface area contributed by atoms with Gasteiger partial charge in [-0.2, -0.15) is 16.7 Å². The van der Waals surface area contributed by atoms with Crippen molar-refractivity contribution in [2.24, 2.45) is 0 Å². The number of rotatable bonds is 4. The number of H-pyrrole nitrogens is 1. The second-order valence-electron chi connectivity index (χ2n) is 4.70. The first-order chi connectivity index (χ1) is 8.46. The highest BCUT2D eigenvalue weighted by molar-refractivity contribution is 7.99. The monoisotopic (exact) mass is 283 g/mol. The minimum atomic E-state index is 0.109. The third-order valence-corrected chi connectivity index (χ3v) is 4.45. The molecule has 0 aromatic carbocycles. The van der Waals surface area contributed by atoms with E-state index in [0.717, 1.165) is 17.7 Å². The van der Waals surface area contributed by atoms with E-state index >= 15 is 0 Å². The first-order valence-electron chi connectivity index (χ1n) is 5.65. The molecule has 2 aromatic heterocycles. The van der Waals surface area contributed by atoms with Gasteiger partial charge < -0.3 is 14.3 Å². The van der Waals surface area contributed by atoms with E-state index in [4.69, 9.17) is 17.0 Å². The maximum Gasteiger partial charge on any atom is 0.215 e. The van der Waals surface area contributed by atoms with Crippen LogP contribution in [0.4, 0.5) is 0 Å². The molecular formula is C12H17N3OS2. The van der Waals surface area contributed by atoms with Crippen LogP contribution in [0.2, 0.25) is 0 Å². The van der Waals surface area contributed by atoms with Crippen LogP contribution in [0.1, 0.15) is 13.8 Å². The van der Waals surface area contributed by atoms with Gasteiger partial charge in [-0.1, -0.05) is 0 Å². The van der Waals surface area contributed by atoms with Crippen LogP contribution in [0.25, 0.3) is 11.2 Å².